The Labute approximate surface area is 88.9 Å². The van der Waals surface area contributed by atoms with E-state index in [2.05, 4.69) is 5.32 Å². The lowest BCUT2D eigenvalue weighted by molar-refractivity contribution is -0.135. The van der Waals surface area contributed by atoms with Crippen molar-refractivity contribution in [2.45, 2.75) is 6.92 Å². The van der Waals surface area contributed by atoms with E-state index in [1.165, 1.54) is 0 Å². The number of carbonyl (C=O) groups is 1. The Morgan fingerprint density at radius 2 is 2.33 bits per heavy atom. The van der Waals surface area contributed by atoms with E-state index >= 15 is 0 Å². The summed E-state index contributed by atoms with van der Waals surface area (Å²) in [6, 6.07) is 7.74. The van der Waals surface area contributed by atoms with Gasteiger partial charge in [-0.2, -0.15) is 0 Å². The molecule has 0 heterocycles. The minimum Gasteiger partial charge on any atom is -0.492 e. The number of hydrogen-bond donors (Lipinski definition) is 2. The molecule has 0 bridgehead atoms. The lowest BCUT2D eigenvalue weighted by Gasteiger charge is -2.06. The zero-order valence-electron chi connectivity index (χ0n) is 8.69. The number of carboxylic acid groups (broad SMARTS) is 1. The average Bonchev–Trinajstić information content (AvgIpc) is 2.17. The molecule has 0 saturated heterocycles. The maximum absolute atomic E-state index is 10.2. The van der Waals surface area contributed by atoms with Crippen LogP contribution in [0.25, 0.3) is 0 Å². The lowest BCUT2D eigenvalue weighted by atomic mass is 10.2. The molecule has 0 aliphatic rings. The van der Waals surface area contributed by atoms with Crippen molar-refractivity contribution in [3.8, 4) is 5.75 Å². The van der Waals surface area contributed by atoms with Crippen LogP contribution in [0.3, 0.4) is 0 Å². The van der Waals surface area contributed by atoms with E-state index in [4.69, 9.17) is 9.84 Å². The van der Waals surface area contributed by atoms with Crippen LogP contribution in [0.5, 0.6) is 5.75 Å². The van der Waals surface area contributed by atoms with Gasteiger partial charge < -0.3 is 15.2 Å². The number of carboxylic acids is 1. The fourth-order valence-electron chi connectivity index (χ4n) is 1.14. The normalized spacial score (nSPS) is 9.93. The summed E-state index contributed by atoms with van der Waals surface area (Å²) in [5, 5.41) is 11.1. The van der Waals surface area contributed by atoms with Crippen LogP contribution in [0.15, 0.2) is 24.3 Å². The first kappa shape index (κ1) is 11.5. The summed E-state index contributed by atoms with van der Waals surface area (Å²) < 4.78 is 5.41. The molecule has 2 N–H and O–H groups in total. The zero-order valence-corrected chi connectivity index (χ0v) is 8.69. The van der Waals surface area contributed by atoms with Gasteiger partial charge in [-0.25, -0.2) is 0 Å². The van der Waals surface area contributed by atoms with E-state index in [-0.39, 0.29) is 6.54 Å². The number of aliphatic carboxylic acids is 1. The molecular formula is C11H15NO3. The first-order valence-corrected chi connectivity index (χ1v) is 4.80. The van der Waals surface area contributed by atoms with E-state index in [0.717, 1.165) is 11.3 Å². The third-order valence-corrected chi connectivity index (χ3v) is 1.81. The van der Waals surface area contributed by atoms with Crippen LogP contribution < -0.4 is 10.1 Å². The second kappa shape index (κ2) is 6.03. The summed E-state index contributed by atoms with van der Waals surface area (Å²) in [5.74, 6) is -0.0438. The van der Waals surface area contributed by atoms with Gasteiger partial charge in [-0.05, 0) is 24.6 Å². The molecule has 15 heavy (non-hydrogen) atoms. The highest BCUT2D eigenvalue weighted by molar-refractivity contribution is 5.68. The van der Waals surface area contributed by atoms with Crippen molar-refractivity contribution in [2.24, 2.45) is 0 Å². The molecule has 0 atom stereocenters. The molecule has 1 rings (SSSR count). The number of ether oxygens (including phenoxy) is 1. The Morgan fingerprint density at radius 1 is 1.53 bits per heavy atom. The van der Waals surface area contributed by atoms with Gasteiger partial charge in [-0.1, -0.05) is 12.1 Å². The second-order valence-corrected chi connectivity index (χ2v) is 3.24. The van der Waals surface area contributed by atoms with Gasteiger partial charge in [0.2, 0.25) is 0 Å². The molecule has 1 aromatic carbocycles. The minimum absolute atomic E-state index is 0.0306. The summed E-state index contributed by atoms with van der Waals surface area (Å²) in [6.45, 7) is 2.96. The van der Waals surface area contributed by atoms with Crippen LogP contribution in [0.1, 0.15) is 5.56 Å². The molecule has 0 amide bonds. The number of rotatable bonds is 6. The van der Waals surface area contributed by atoms with Crippen LogP contribution in [-0.4, -0.2) is 30.8 Å². The monoisotopic (exact) mass is 209 g/mol. The second-order valence-electron chi connectivity index (χ2n) is 3.24. The van der Waals surface area contributed by atoms with Crippen molar-refractivity contribution in [3.63, 3.8) is 0 Å². The van der Waals surface area contributed by atoms with Crippen LogP contribution in [0, 0.1) is 6.92 Å². The molecule has 0 unspecified atom stereocenters. The average molecular weight is 209 g/mol. The molecule has 0 aromatic heterocycles. The molecule has 82 valence electrons. The van der Waals surface area contributed by atoms with Crippen molar-refractivity contribution < 1.29 is 14.6 Å². The number of hydrogen-bond acceptors (Lipinski definition) is 3. The fourth-order valence-corrected chi connectivity index (χ4v) is 1.14. The largest absolute Gasteiger partial charge is 0.492 e. The van der Waals surface area contributed by atoms with Crippen molar-refractivity contribution in [3.05, 3.63) is 29.8 Å². The molecule has 1 aromatic rings. The quantitative estimate of drug-likeness (QED) is 0.687. The maximum Gasteiger partial charge on any atom is 0.317 e. The summed E-state index contributed by atoms with van der Waals surface area (Å²) >= 11 is 0. The Morgan fingerprint density at radius 3 is 3.00 bits per heavy atom. The van der Waals surface area contributed by atoms with Gasteiger partial charge in [0.25, 0.3) is 0 Å². The minimum atomic E-state index is -0.856. The standard InChI is InChI=1S/C11H15NO3/c1-9-3-2-4-10(7-9)15-6-5-12-8-11(13)14/h2-4,7,12H,5-6,8H2,1H3,(H,13,14). The fraction of sp³-hybridized carbons (Fsp3) is 0.364. The smallest absolute Gasteiger partial charge is 0.317 e. The van der Waals surface area contributed by atoms with Gasteiger partial charge in [0.15, 0.2) is 0 Å². The van der Waals surface area contributed by atoms with Gasteiger partial charge in [0.05, 0.1) is 6.54 Å². The Kier molecular flexibility index (Phi) is 4.63. The number of nitrogens with one attached hydrogen (secondary N) is 1. The van der Waals surface area contributed by atoms with Crippen molar-refractivity contribution >= 4 is 5.97 Å². The van der Waals surface area contributed by atoms with E-state index in [1.807, 2.05) is 31.2 Å². The van der Waals surface area contributed by atoms with Crippen LogP contribution >= 0.6 is 0 Å². The number of benzene rings is 1. The van der Waals surface area contributed by atoms with Crippen LogP contribution in [0.2, 0.25) is 0 Å². The van der Waals surface area contributed by atoms with E-state index < -0.39 is 5.97 Å². The molecule has 4 nitrogen and oxygen atoms in total. The highest BCUT2D eigenvalue weighted by atomic mass is 16.5. The third-order valence-electron chi connectivity index (χ3n) is 1.81. The molecule has 0 spiro atoms. The van der Waals surface area contributed by atoms with Crippen molar-refractivity contribution in [1.29, 1.82) is 0 Å². The van der Waals surface area contributed by atoms with E-state index in [9.17, 15) is 4.79 Å². The first-order valence-electron chi connectivity index (χ1n) is 4.80. The molecule has 0 radical (unpaired) electrons. The predicted molar refractivity (Wildman–Crippen MR) is 57.2 cm³/mol. The predicted octanol–water partition coefficient (Wildman–Crippen LogP) is 1.05. The van der Waals surface area contributed by atoms with Gasteiger partial charge in [-0.3, -0.25) is 4.79 Å². The SMILES string of the molecule is Cc1cccc(OCCNCC(=O)O)c1. The van der Waals surface area contributed by atoms with Crippen LogP contribution in [0.4, 0.5) is 0 Å². The van der Waals surface area contributed by atoms with Crippen molar-refractivity contribution in [2.75, 3.05) is 19.7 Å². The lowest BCUT2D eigenvalue weighted by Crippen LogP contribution is -2.26. The summed E-state index contributed by atoms with van der Waals surface area (Å²) in [4.78, 5) is 10.2. The maximum atomic E-state index is 10.2. The van der Waals surface area contributed by atoms with Gasteiger partial charge >= 0.3 is 5.97 Å². The van der Waals surface area contributed by atoms with Gasteiger partial charge in [0.1, 0.15) is 12.4 Å². The Hall–Kier alpha value is -1.55. The first-order chi connectivity index (χ1) is 7.18. The molecule has 0 aliphatic carbocycles. The Bertz CT molecular complexity index is 325. The summed E-state index contributed by atoms with van der Waals surface area (Å²) in [5.41, 5.74) is 1.14. The zero-order chi connectivity index (χ0) is 11.1. The van der Waals surface area contributed by atoms with E-state index in [0.29, 0.717) is 13.2 Å². The van der Waals surface area contributed by atoms with Crippen molar-refractivity contribution in [1.82, 2.24) is 5.32 Å². The van der Waals surface area contributed by atoms with Crippen LogP contribution in [-0.2, 0) is 4.79 Å². The highest BCUT2D eigenvalue weighted by Gasteiger charge is 1.96. The van der Waals surface area contributed by atoms with E-state index in [1.54, 1.807) is 0 Å². The summed E-state index contributed by atoms with van der Waals surface area (Å²) in [6.07, 6.45) is 0. The Balaban J connectivity index is 2.17. The van der Waals surface area contributed by atoms with Gasteiger partial charge in [0, 0.05) is 6.54 Å². The third kappa shape index (κ3) is 5.02. The topological polar surface area (TPSA) is 58.6 Å². The molecule has 0 aliphatic heterocycles. The summed E-state index contributed by atoms with van der Waals surface area (Å²) in [7, 11) is 0. The molecule has 4 heteroatoms. The molecule has 0 saturated carbocycles. The van der Waals surface area contributed by atoms with Gasteiger partial charge in [-0.15, -0.1) is 0 Å². The molecular weight excluding hydrogens is 194 g/mol. The number of aryl methyl sites for hydroxylation is 1. The molecule has 0 fully saturated rings. The highest BCUT2D eigenvalue weighted by Crippen LogP contribution is 2.11.